The predicted molar refractivity (Wildman–Crippen MR) is 81.6 cm³/mol. The molecule has 1 atom stereocenters. The molecule has 0 saturated carbocycles. The zero-order valence-electron chi connectivity index (χ0n) is 13.0. The molecule has 6 nitrogen and oxygen atoms in total. The minimum absolute atomic E-state index is 0.0890. The van der Waals surface area contributed by atoms with Crippen LogP contribution in [0.25, 0.3) is 0 Å². The Morgan fingerprint density at radius 3 is 2.36 bits per heavy atom. The Bertz CT molecular complexity index is 539. The van der Waals surface area contributed by atoms with Gasteiger partial charge in [-0.25, -0.2) is 0 Å². The Kier molecular flexibility index (Phi) is 5.25. The first-order chi connectivity index (χ1) is 10.5. The molecular weight excluding hydrogens is 284 g/mol. The Hall–Kier alpha value is -2.24. The summed E-state index contributed by atoms with van der Waals surface area (Å²) < 4.78 is 10.9. The average molecular weight is 306 g/mol. The van der Waals surface area contributed by atoms with Gasteiger partial charge in [-0.1, -0.05) is 12.1 Å². The van der Waals surface area contributed by atoms with Crippen LogP contribution >= 0.6 is 0 Å². The number of likely N-dealkylation sites (tertiary alicyclic amines) is 1. The molecule has 0 radical (unpaired) electrons. The third kappa shape index (κ3) is 3.69. The second-order valence-corrected chi connectivity index (χ2v) is 5.41. The highest BCUT2D eigenvalue weighted by molar-refractivity contribution is 5.82. The van der Waals surface area contributed by atoms with Crippen molar-refractivity contribution < 1.29 is 19.1 Å². The second-order valence-electron chi connectivity index (χ2n) is 5.41. The van der Waals surface area contributed by atoms with Crippen LogP contribution in [0.1, 0.15) is 19.8 Å². The first-order valence-electron chi connectivity index (χ1n) is 7.40. The molecule has 2 amide bonds. The van der Waals surface area contributed by atoms with E-state index in [1.807, 2.05) is 12.1 Å². The summed E-state index contributed by atoms with van der Waals surface area (Å²) in [4.78, 5) is 25.3. The number of carbonyl (C=O) groups excluding carboxylic acids is 2. The van der Waals surface area contributed by atoms with Gasteiger partial charge in [0.15, 0.2) is 17.6 Å². The summed E-state index contributed by atoms with van der Waals surface area (Å²) in [5.41, 5.74) is 5.30. The maximum atomic E-state index is 12.4. The molecule has 1 saturated heterocycles. The number of ether oxygens (including phenoxy) is 2. The summed E-state index contributed by atoms with van der Waals surface area (Å²) in [6, 6.07) is 7.22. The van der Waals surface area contributed by atoms with Crippen molar-refractivity contribution in [3.05, 3.63) is 24.3 Å². The van der Waals surface area contributed by atoms with E-state index in [0.717, 1.165) is 0 Å². The third-order valence-electron chi connectivity index (χ3n) is 3.93. The standard InChI is InChI=1S/C16H22N2O4/c1-11(22-14-6-4-3-5-13(14)21-2)16(20)18-9-7-12(8-10-18)15(17)19/h3-6,11-12H,7-10H2,1-2H3,(H2,17,19). The lowest BCUT2D eigenvalue weighted by molar-refractivity contribution is -0.140. The Morgan fingerprint density at radius 1 is 1.23 bits per heavy atom. The van der Waals surface area contributed by atoms with Crippen molar-refractivity contribution >= 4 is 11.8 Å². The summed E-state index contributed by atoms with van der Waals surface area (Å²) in [6.45, 7) is 2.78. The number of hydrogen-bond acceptors (Lipinski definition) is 4. The van der Waals surface area contributed by atoms with Gasteiger partial charge in [0.05, 0.1) is 7.11 Å². The maximum absolute atomic E-state index is 12.4. The SMILES string of the molecule is COc1ccccc1OC(C)C(=O)N1CCC(C(N)=O)CC1. The van der Waals surface area contributed by atoms with Crippen LogP contribution in [-0.4, -0.2) is 43.0 Å². The van der Waals surface area contributed by atoms with Gasteiger partial charge in [-0.2, -0.15) is 0 Å². The van der Waals surface area contributed by atoms with Crippen LogP contribution in [0.5, 0.6) is 11.5 Å². The van der Waals surface area contributed by atoms with E-state index < -0.39 is 6.10 Å². The molecule has 0 bridgehead atoms. The topological polar surface area (TPSA) is 81.9 Å². The number of nitrogens with zero attached hydrogens (tertiary/aromatic N) is 1. The van der Waals surface area contributed by atoms with E-state index in [1.165, 1.54) is 0 Å². The van der Waals surface area contributed by atoms with Crippen LogP contribution in [0.4, 0.5) is 0 Å². The van der Waals surface area contributed by atoms with Crippen molar-refractivity contribution in [3.63, 3.8) is 0 Å². The van der Waals surface area contributed by atoms with Gasteiger partial charge >= 0.3 is 0 Å². The smallest absolute Gasteiger partial charge is 0.263 e. The van der Waals surface area contributed by atoms with Crippen LogP contribution in [0.3, 0.4) is 0 Å². The van der Waals surface area contributed by atoms with Gasteiger partial charge in [-0.15, -0.1) is 0 Å². The number of benzene rings is 1. The lowest BCUT2D eigenvalue weighted by atomic mass is 9.96. The van der Waals surface area contributed by atoms with E-state index in [4.69, 9.17) is 15.2 Å². The van der Waals surface area contributed by atoms with E-state index in [0.29, 0.717) is 37.4 Å². The number of carbonyl (C=O) groups is 2. The molecule has 1 aliphatic rings. The zero-order chi connectivity index (χ0) is 16.1. The number of primary amides is 1. The Balaban J connectivity index is 1.94. The molecule has 1 heterocycles. The van der Waals surface area contributed by atoms with Gasteiger partial charge in [0, 0.05) is 19.0 Å². The second kappa shape index (κ2) is 7.15. The van der Waals surface area contributed by atoms with Crippen LogP contribution < -0.4 is 15.2 Å². The summed E-state index contributed by atoms with van der Waals surface area (Å²) in [5, 5.41) is 0. The lowest BCUT2D eigenvalue weighted by Gasteiger charge is -2.32. The van der Waals surface area contributed by atoms with Gasteiger partial charge in [-0.05, 0) is 31.9 Å². The Labute approximate surface area is 130 Å². The fourth-order valence-corrected chi connectivity index (χ4v) is 2.60. The van der Waals surface area contributed by atoms with Crippen molar-refractivity contribution in [3.8, 4) is 11.5 Å². The van der Waals surface area contributed by atoms with Crippen molar-refractivity contribution in [1.29, 1.82) is 0 Å². The molecule has 1 fully saturated rings. The van der Waals surface area contributed by atoms with Gasteiger partial charge in [0.2, 0.25) is 5.91 Å². The predicted octanol–water partition coefficient (Wildman–Crippen LogP) is 1.19. The van der Waals surface area contributed by atoms with Gasteiger partial charge in [0.1, 0.15) is 0 Å². The minimum Gasteiger partial charge on any atom is -0.493 e. The average Bonchev–Trinajstić information content (AvgIpc) is 2.54. The normalized spacial score (nSPS) is 16.9. The van der Waals surface area contributed by atoms with Crippen molar-refractivity contribution in [2.75, 3.05) is 20.2 Å². The maximum Gasteiger partial charge on any atom is 0.263 e. The van der Waals surface area contributed by atoms with Crippen LogP contribution in [0, 0.1) is 5.92 Å². The fourth-order valence-electron chi connectivity index (χ4n) is 2.60. The minimum atomic E-state index is -0.610. The van der Waals surface area contributed by atoms with Gasteiger partial charge < -0.3 is 20.1 Å². The third-order valence-corrected chi connectivity index (χ3v) is 3.93. The summed E-state index contributed by atoms with van der Waals surface area (Å²) in [7, 11) is 1.56. The lowest BCUT2D eigenvalue weighted by Crippen LogP contribution is -2.46. The molecule has 120 valence electrons. The van der Waals surface area contributed by atoms with Crippen molar-refractivity contribution in [1.82, 2.24) is 4.90 Å². The monoisotopic (exact) mass is 306 g/mol. The molecule has 22 heavy (non-hydrogen) atoms. The van der Waals surface area contributed by atoms with Gasteiger partial charge in [-0.3, -0.25) is 9.59 Å². The number of methoxy groups -OCH3 is 1. The molecule has 1 aromatic rings. The first-order valence-corrected chi connectivity index (χ1v) is 7.40. The highest BCUT2D eigenvalue weighted by Crippen LogP contribution is 2.27. The number of para-hydroxylation sites is 2. The van der Waals surface area contributed by atoms with E-state index in [2.05, 4.69) is 0 Å². The summed E-state index contributed by atoms with van der Waals surface area (Å²) in [5.74, 6) is 0.626. The zero-order valence-corrected chi connectivity index (χ0v) is 13.0. The fraction of sp³-hybridized carbons (Fsp3) is 0.500. The molecule has 2 N–H and O–H groups in total. The van der Waals surface area contributed by atoms with Gasteiger partial charge in [0.25, 0.3) is 5.91 Å². The summed E-state index contributed by atoms with van der Waals surface area (Å²) in [6.07, 6.45) is 0.617. The molecule has 0 aliphatic carbocycles. The van der Waals surface area contributed by atoms with Crippen molar-refractivity contribution in [2.45, 2.75) is 25.9 Å². The highest BCUT2D eigenvalue weighted by atomic mass is 16.5. The molecular formula is C16H22N2O4. The molecule has 6 heteroatoms. The van der Waals surface area contributed by atoms with Crippen LogP contribution in [0.15, 0.2) is 24.3 Å². The first kappa shape index (κ1) is 16.1. The largest absolute Gasteiger partial charge is 0.493 e. The molecule has 0 aromatic heterocycles. The Morgan fingerprint density at radius 2 is 1.82 bits per heavy atom. The molecule has 0 spiro atoms. The van der Waals surface area contributed by atoms with E-state index in [1.54, 1.807) is 31.1 Å². The highest BCUT2D eigenvalue weighted by Gasteiger charge is 2.29. The number of amides is 2. The molecule has 2 rings (SSSR count). The molecule has 1 aliphatic heterocycles. The van der Waals surface area contributed by atoms with Crippen molar-refractivity contribution in [2.24, 2.45) is 11.7 Å². The number of nitrogens with two attached hydrogens (primary N) is 1. The number of hydrogen-bond donors (Lipinski definition) is 1. The van der Waals surface area contributed by atoms with E-state index >= 15 is 0 Å². The van der Waals surface area contributed by atoms with E-state index in [9.17, 15) is 9.59 Å². The summed E-state index contributed by atoms with van der Waals surface area (Å²) >= 11 is 0. The van der Waals surface area contributed by atoms with Crippen LogP contribution in [-0.2, 0) is 9.59 Å². The van der Waals surface area contributed by atoms with E-state index in [-0.39, 0.29) is 17.7 Å². The quantitative estimate of drug-likeness (QED) is 0.886. The number of rotatable bonds is 5. The molecule has 1 aromatic carbocycles. The van der Waals surface area contributed by atoms with Crippen LogP contribution in [0.2, 0.25) is 0 Å². The molecule has 1 unspecified atom stereocenters. The number of piperidine rings is 1.